The van der Waals surface area contributed by atoms with Crippen molar-refractivity contribution in [2.24, 2.45) is 0 Å². The van der Waals surface area contributed by atoms with Crippen LogP contribution < -0.4 is 5.73 Å². The van der Waals surface area contributed by atoms with Crippen LogP contribution in [0.4, 0.5) is 18.9 Å². The Morgan fingerprint density at radius 2 is 1.88 bits per heavy atom. The lowest BCUT2D eigenvalue weighted by atomic mass is 10.3. The van der Waals surface area contributed by atoms with E-state index in [4.69, 9.17) is 5.73 Å². The molecule has 1 aromatic rings. The summed E-state index contributed by atoms with van der Waals surface area (Å²) in [6, 6.07) is 3.60. The quantitative estimate of drug-likeness (QED) is 0.852. The average molecular weight is 318 g/mol. The van der Waals surface area contributed by atoms with E-state index in [1.54, 1.807) is 0 Å². The van der Waals surface area contributed by atoms with Gasteiger partial charge in [0.05, 0.1) is 10.6 Å². The van der Waals surface area contributed by atoms with Gasteiger partial charge in [-0.05, 0) is 18.2 Å². The molecule has 2 N–H and O–H groups in total. The highest BCUT2D eigenvalue weighted by atomic mass is 79.9. The fourth-order valence-corrected chi connectivity index (χ4v) is 2.75. The van der Waals surface area contributed by atoms with Crippen molar-refractivity contribution in [3.8, 4) is 0 Å². The fourth-order valence-electron chi connectivity index (χ4n) is 1.10. The Kier molecular flexibility index (Phi) is 3.53. The molecule has 0 radical (unpaired) electrons. The summed E-state index contributed by atoms with van der Waals surface area (Å²) in [5.41, 5.74) is 5.14. The summed E-state index contributed by atoms with van der Waals surface area (Å²) in [5.74, 6) is -1.91. The molecule has 8 heteroatoms. The van der Waals surface area contributed by atoms with E-state index in [-0.39, 0.29) is 5.69 Å². The lowest BCUT2D eigenvalue weighted by Gasteiger charge is -2.09. The summed E-state index contributed by atoms with van der Waals surface area (Å²) in [6.45, 7) is 0. The third-order valence-electron chi connectivity index (χ3n) is 1.66. The molecule has 3 nitrogen and oxygen atoms in total. The van der Waals surface area contributed by atoms with Crippen LogP contribution in [-0.4, -0.2) is 20.3 Å². The van der Waals surface area contributed by atoms with E-state index in [1.807, 2.05) is 0 Å². The molecule has 0 spiro atoms. The van der Waals surface area contributed by atoms with Crippen LogP contribution in [0.5, 0.6) is 0 Å². The molecule has 0 unspecified atom stereocenters. The zero-order valence-electron chi connectivity index (χ0n) is 7.75. The highest BCUT2D eigenvalue weighted by Gasteiger charge is 2.36. The van der Waals surface area contributed by atoms with Crippen molar-refractivity contribution in [2.75, 3.05) is 11.5 Å². The molecule has 0 aliphatic rings. The number of hydrogen-bond donors (Lipinski definition) is 1. The number of rotatable bonds is 2. The van der Waals surface area contributed by atoms with E-state index < -0.39 is 26.7 Å². The SMILES string of the molecule is Nc1cc(Br)ccc1S(=O)(=O)CC(F)(F)F. The summed E-state index contributed by atoms with van der Waals surface area (Å²) in [7, 11) is -4.44. The molecule has 0 saturated heterocycles. The maximum atomic E-state index is 12.0. The molecule has 0 heterocycles. The molecule has 0 atom stereocenters. The molecule has 0 aliphatic carbocycles. The normalized spacial score (nSPS) is 12.8. The Morgan fingerprint density at radius 3 is 2.31 bits per heavy atom. The van der Waals surface area contributed by atoms with E-state index in [2.05, 4.69) is 15.9 Å². The van der Waals surface area contributed by atoms with Crippen LogP contribution in [0.3, 0.4) is 0 Å². The molecule has 1 aromatic carbocycles. The fraction of sp³-hybridized carbons (Fsp3) is 0.250. The molecule has 0 aliphatic heterocycles. The molecule has 0 saturated carbocycles. The van der Waals surface area contributed by atoms with E-state index in [1.165, 1.54) is 12.1 Å². The van der Waals surface area contributed by atoms with Crippen molar-refractivity contribution in [1.29, 1.82) is 0 Å². The number of benzene rings is 1. The van der Waals surface area contributed by atoms with E-state index in [9.17, 15) is 21.6 Å². The lowest BCUT2D eigenvalue weighted by molar-refractivity contribution is -0.106. The Morgan fingerprint density at radius 1 is 1.31 bits per heavy atom. The van der Waals surface area contributed by atoms with Gasteiger partial charge in [-0.15, -0.1) is 0 Å². The summed E-state index contributed by atoms with van der Waals surface area (Å²) in [5, 5.41) is 0. The van der Waals surface area contributed by atoms with Gasteiger partial charge in [0.1, 0.15) is 0 Å². The van der Waals surface area contributed by atoms with Gasteiger partial charge in [0.2, 0.25) is 0 Å². The molecular formula is C8H7BrF3NO2S. The number of halogens is 4. The topological polar surface area (TPSA) is 60.2 Å². The van der Waals surface area contributed by atoms with Gasteiger partial charge in [-0.25, -0.2) is 8.42 Å². The van der Waals surface area contributed by atoms with Crippen LogP contribution in [0.1, 0.15) is 0 Å². The van der Waals surface area contributed by atoms with Crippen LogP contribution in [0.2, 0.25) is 0 Å². The van der Waals surface area contributed by atoms with Crippen molar-refractivity contribution in [2.45, 2.75) is 11.1 Å². The van der Waals surface area contributed by atoms with Gasteiger partial charge in [0.15, 0.2) is 15.6 Å². The van der Waals surface area contributed by atoms with Crippen LogP contribution in [0, 0.1) is 0 Å². The number of nitrogens with two attached hydrogens (primary N) is 1. The first-order valence-corrected chi connectivity index (χ1v) is 6.41. The summed E-state index contributed by atoms with van der Waals surface area (Å²) in [4.78, 5) is -0.506. The minimum Gasteiger partial charge on any atom is -0.398 e. The average Bonchev–Trinajstić information content (AvgIpc) is 1.97. The maximum absolute atomic E-state index is 12.0. The molecule has 0 aromatic heterocycles. The number of sulfone groups is 1. The van der Waals surface area contributed by atoms with E-state index in [0.29, 0.717) is 4.47 Å². The van der Waals surface area contributed by atoms with Gasteiger partial charge in [-0.2, -0.15) is 13.2 Å². The number of nitrogen functional groups attached to an aromatic ring is 1. The van der Waals surface area contributed by atoms with Crippen molar-refractivity contribution in [3.05, 3.63) is 22.7 Å². The smallest absolute Gasteiger partial charge is 0.398 e. The van der Waals surface area contributed by atoms with E-state index in [0.717, 1.165) is 6.07 Å². The predicted molar refractivity (Wildman–Crippen MR) is 56.7 cm³/mol. The number of alkyl halides is 3. The van der Waals surface area contributed by atoms with Gasteiger partial charge in [-0.3, -0.25) is 0 Å². The lowest BCUT2D eigenvalue weighted by Crippen LogP contribution is -2.23. The summed E-state index contributed by atoms with van der Waals surface area (Å²) in [6.07, 6.45) is -4.78. The second-order valence-electron chi connectivity index (χ2n) is 3.06. The van der Waals surface area contributed by atoms with Crippen LogP contribution >= 0.6 is 15.9 Å². The predicted octanol–water partition coefficient (Wildman–Crippen LogP) is 2.37. The Balaban J connectivity index is 3.18. The van der Waals surface area contributed by atoms with Crippen LogP contribution in [-0.2, 0) is 9.84 Å². The monoisotopic (exact) mass is 317 g/mol. The van der Waals surface area contributed by atoms with Crippen molar-refractivity contribution >= 4 is 31.5 Å². The molecule has 0 fully saturated rings. The zero-order valence-corrected chi connectivity index (χ0v) is 10.2. The molecule has 0 amide bonds. The van der Waals surface area contributed by atoms with Crippen LogP contribution in [0.25, 0.3) is 0 Å². The van der Waals surface area contributed by atoms with Gasteiger partial charge in [-0.1, -0.05) is 15.9 Å². The minimum atomic E-state index is -4.78. The molecular weight excluding hydrogens is 311 g/mol. The maximum Gasteiger partial charge on any atom is 0.403 e. The minimum absolute atomic E-state index is 0.210. The summed E-state index contributed by atoms with van der Waals surface area (Å²) < 4.78 is 59.3. The van der Waals surface area contributed by atoms with Gasteiger partial charge < -0.3 is 5.73 Å². The van der Waals surface area contributed by atoms with Crippen molar-refractivity contribution < 1.29 is 21.6 Å². The van der Waals surface area contributed by atoms with Crippen LogP contribution in [0.15, 0.2) is 27.6 Å². The molecule has 1 rings (SSSR count). The first-order chi connectivity index (χ1) is 7.12. The standard InChI is InChI=1S/C8H7BrF3NO2S/c9-5-1-2-7(6(13)3-5)16(14,15)4-8(10,11)12/h1-3H,4,13H2. The highest BCUT2D eigenvalue weighted by Crippen LogP contribution is 2.27. The molecule has 16 heavy (non-hydrogen) atoms. The van der Waals surface area contributed by atoms with Gasteiger partial charge >= 0.3 is 6.18 Å². The zero-order chi connectivity index (χ0) is 12.6. The highest BCUT2D eigenvalue weighted by molar-refractivity contribution is 9.10. The first kappa shape index (κ1) is 13.3. The third-order valence-corrected chi connectivity index (χ3v) is 3.90. The molecule has 0 bridgehead atoms. The second kappa shape index (κ2) is 4.25. The first-order valence-electron chi connectivity index (χ1n) is 3.96. The second-order valence-corrected chi connectivity index (χ2v) is 5.93. The van der Waals surface area contributed by atoms with Gasteiger partial charge in [0, 0.05) is 4.47 Å². The van der Waals surface area contributed by atoms with Crippen molar-refractivity contribution in [1.82, 2.24) is 0 Å². The Bertz CT molecular complexity index is 498. The largest absolute Gasteiger partial charge is 0.403 e. The number of hydrogen-bond acceptors (Lipinski definition) is 3. The Labute approximate surface area is 98.5 Å². The summed E-state index contributed by atoms with van der Waals surface area (Å²) >= 11 is 3.03. The van der Waals surface area contributed by atoms with Gasteiger partial charge in [0.25, 0.3) is 0 Å². The van der Waals surface area contributed by atoms with Crippen molar-refractivity contribution in [3.63, 3.8) is 0 Å². The van der Waals surface area contributed by atoms with E-state index >= 15 is 0 Å². The Hall–Kier alpha value is -0.760. The molecule has 90 valence electrons. The third kappa shape index (κ3) is 3.38. The number of anilines is 1.